The molecule has 0 fully saturated rings. The second-order valence-corrected chi connectivity index (χ2v) is 4.77. The van der Waals surface area contributed by atoms with Gasteiger partial charge in [0, 0.05) is 13.3 Å². The summed E-state index contributed by atoms with van der Waals surface area (Å²) in [5, 5.41) is 3.41. The summed E-state index contributed by atoms with van der Waals surface area (Å²) in [4.78, 5) is 22.8. The van der Waals surface area contributed by atoms with Crippen molar-refractivity contribution in [2.45, 2.75) is 26.3 Å². The third kappa shape index (κ3) is 5.09. The number of esters is 1. The van der Waals surface area contributed by atoms with Gasteiger partial charge in [-0.2, -0.15) is 0 Å². The number of carbonyl (C=O) groups is 2. The molecular weight excluding hydrogens is 289 g/mol. The van der Waals surface area contributed by atoms with Crippen LogP contribution in [-0.4, -0.2) is 24.5 Å². The lowest BCUT2D eigenvalue weighted by Crippen LogP contribution is -2.42. The molecule has 0 radical (unpaired) electrons. The lowest BCUT2D eigenvalue weighted by atomic mass is 10.1. The van der Waals surface area contributed by atoms with Crippen molar-refractivity contribution in [3.05, 3.63) is 33.8 Å². The number of hydrogen-bond donors (Lipinski definition) is 1. The second kappa shape index (κ2) is 7.36. The van der Waals surface area contributed by atoms with E-state index in [1.165, 1.54) is 6.92 Å². The Balaban J connectivity index is 2.83. The summed E-state index contributed by atoms with van der Waals surface area (Å²) in [5.74, 6) is -0.762. The van der Waals surface area contributed by atoms with Gasteiger partial charge in [0.15, 0.2) is 0 Å². The Morgan fingerprint density at radius 2 is 2.00 bits per heavy atom. The highest BCUT2D eigenvalue weighted by molar-refractivity contribution is 6.42. The minimum atomic E-state index is -0.727. The topological polar surface area (TPSA) is 55.4 Å². The van der Waals surface area contributed by atoms with Gasteiger partial charge in [-0.3, -0.25) is 4.79 Å². The number of ether oxygens (including phenoxy) is 1. The molecule has 0 aliphatic carbocycles. The fourth-order valence-corrected chi connectivity index (χ4v) is 1.90. The van der Waals surface area contributed by atoms with Crippen LogP contribution in [0.1, 0.15) is 19.4 Å². The van der Waals surface area contributed by atoms with Crippen molar-refractivity contribution < 1.29 is 14.3 Å². The normalized spacial score (nSPS) is 11.8. The Hall–Kier alpha value is -1.26. The van der Waals surface area contributed by atoms with Crippen LogP contribution in [0.2, 0.25) is 10.0 Å². The standard InChI is InChI=1S/C13H15Cl2NO3/c1-3-19-13(18)12(16-8(2)17)7-9-4-5-10(14)11(15)6-9/h4-6,12H,3,7H2,1-2H3,(H,16,17)/t12-/m1/s1. The molecule has 4 nitrogen and oxygen atoms in total. The monoisotopic (exact) mass is 303 g/mol. The Morgan fingerprint density at radius 3 is 2.53 bits per heavy atom. The molecule has 19 heavy (non-hydrogen) atoms. The average molecular weight is 304 g/mol. The predicted molar refractivity (Wildman–Crippen MR) is 74.4 cm³/mol. The lowest BCUT2D eigenvalue weighted by molar-refractivity contribution is -0.147. The van der Waals surface area contributed by atoms with E-state index in [1.54, 1.807) is 25.1 Å². The van der Waals surface area contributed by atoms with E-state index in [0.29, 0.717) is 16.5 Å². The molecule has 1 aromatic carbocycles. The first kappa shape index (κ1) is 15.8. The molecule has 0 saturated carbocycles. The molecule has 0 bridgehead atoms. The molecule has 1 amide bonds. The molecular formula is C13H15Cl2NO3. The molecule has 0 aliphatic heterocycles. The van der Waals surface area contributed by atoms with Gasteiger partial charge < -0.3 is 10.1 Å². The predicted octanol–water partition coefficient (Wildman–Crippen LogP) is 2.60. The van der Waals surface area contributed by atoms with Gasteiger partial charge in [0.25, 0.3) is 0 Å². The Kier molecular flexibility index (Phi) is 6.12. The zero-order valence-corrected chi connectivity index (χ0v) is 12.2. The van der Waals surface area contributed by atoms with E-state index in [2.05, 4.69) is 5.32 Å². The summed E-state index contributed by atoms with van der Waals surface area (Å²) in [6.45, 7) is 3.32. The van der Waals surface area contributed by atoms with E-state index < -0.39 is 12.0 Å². The molecule has 0 saturated heterocycles. The van der Waals surface area contributed by atoms with Crippen molar-refractivity contribution >= 4 is 35.1 Å². The van der Waals surface area contributed by atoms with Gasteiger partial charge in [0.05, 0.1) is 16.7 Å². The van der Waals surface area contributed by atoms with E-state index in [-0.39, 0.29) is 12.5 Å². The van der Waals surface area contributed by atoms with E-state index in [4.69, 9.17) is 27.9 Å². The van der Waals surface area contributed by atoms with Gasteiger partial charge in [-0.1, -0.05) is 29.3 Å². The van der Waals surface area contributed by atoms with Crippen molar-refractivity contribution in [2.75, 3.05) is 6.61 Å². The number of rotatable bonds is 5. The number of nitrogens with one attached hydrogen (secondary N) is 1. The van der Waals surface area contributed by atoms with Crippen LogP contribution in [0.3, 0.4) is 0 Å². The van der Waals surface area contributed by atoms with Crippen LogP contribution in [-0.2, 0) is 20.7 Å². The molecule has 1 rings (SSSR count). The van der Waals surface area contributed by atoms with Crippen molar-refractivity contribution in [1.82, 2.24) is 5.32 Å². The Morgan fingerprint density at radius 1 is 1.32 bits per heavy atom. The molecule has 0 spiro atoms. The molecule has 6 heteroatoms. The maximum absolute atomic E-state index is 11.7. The SMILES string of the molecule is CCOC(=O)[C@@H](Cc1ccc(Cl)c(Cl)c1)NC(C)=O. The molecule has 1 atom stereocenters. The van der Waals surface area contributed by atoms with Gasteiger partial charge in [0.1, 0.15) is 6.04 Å². The number of hydrogen-bond acceptors (Lipinski definition) is 3. The summed E-state index contributed by atoms with van der Waals surface area (Å²) >= 11 is 11.7. The molecule has 0 unspecified atom stereocenters. The number of carbonyl (C=O) groups excluding carboxylic acids is 2. The minimum absolute atomic E-state index is 0.260. The Labute approximate surface area is 122 Å². The quantitative estimate of drug-likeness (QED) is 0.851. The highest BCUT2D eigenvalue weighted by Crippen LogP contribution is 2.23. The summed E-state index contributed by atoms with van der Waals surface area (Å²) in [7, 11) is 0. The van der Waals surface area contributed by atoms with Crippen LogP contribution in [0.25, 0.3) is 0 Å². The first-order valence-corrected chi connectivity index (χ1v) is 6.57. The largest absolute Gasteiger partial charge is 0.464 e. The maximum atomic E-state index is 11.7. The average Bonchev–Trinajstić information content (AvgIpc) is 2.33. The molecule has 0 aliphatic rings. The summed E-state index contributed by atoms with van der Waals surface area (Å²) in [6.07, 6.45) is 0.301. The zero-order chi connectivity index (χ0) is 14.4. The van der Waals surface area contributed by atoms with E-state index in [9.17, 15) is 9.59 Å². The van der Waals surface area contributed by atoms with Gasteiger partial charge >= 0.3 is 5.97 Å². The molecule has 1 aromatic rings. The molecule has 0 aromatic heterocycles. The van der Waals surface area contributed by atoms with Gasteiger partial charge in [0.2, 0.25) is 5.91 Å². The Bertz CT molecular complexity index is 477. The fourth-order valence-electron chi connectivity index (χ4n) is 1.58. The van der Waals surface area contributed by atoms with Crippen molar-refractivity contribution in [2.24, 2.45) is 0 Å². The first-order chi connectivity index (χ1) is 8.93. The third-order valence-corrected chi connectivity index (χ3v) is 3.11. The number of amides is 1. The lowest BCUT2D eigenvalue weighted by Gasteiger charge is -2.16. The number of benzene rings is 1. The maximum Gasteiger partial charge on any atom is 0.328 e. The molecule has 104 valence electrons. The van der Waals surface area contributed by atoms with E-state index in [0.717, 1.165) is 5.56 Å². The highest BCUT2D eigenvalue weighted by Gasteiger charge is 2.21. The summed E-state index contributed by atoms with van der Waals surface area (Å²) < 4.78 is 4.92. The first-order valence-electron chi connectivity index (χ1n) is 5.81. The van der Waals surface area contributed by atoms with Gasteiger partial charge in [-0.25, -0.2) is 4.79 Å². The van der Waals surface area contributed by atoms with Crippen molar-refractivity contribution in [1.29, 1.82) is 0 Å². The van der Waals surface area contributed by atoms with Crippen LogP contribution in [0, 0.1) is 0 Å². The van der Waals surface area contributed by atoms with Crippen LogP contribution in [0.15, 0.2) is 18.2 Å². The van der Waals surface area contributed by atoms with Crippen molar-refractivity contribution in [3.63, 3.8) is 0 Å². The second-order valence-electron chi connectivity index (χ2n) is 3.96. The summed E-state index contributed by atoms with van der Waals surface area (Å²) in [5.41, 5.74) is 0.793. The van der Waals surface area contributed by atoms with Crippen LogP contribution >= 0.6 is 23.2 Å². The smallest absolute Gasteiger partial charge is 0.328 e. The van der Waals surface area contributed by atoms with Crippen molar-refractivity contribution in [3.8, 4) is 0 Å². The van der Waals surface area contributed by atoms with Crippen LogP contribution in [0.4, 0.5) is 0 Å². The van der Waals surface area contributed by atoms with Gasteiger partial charge in [-0.15, -0.1) is 0 Å². The highest BCUT2D eigenvalue weighted by atomic mass is 35.5. The van der Waals surface area contributed by atoms with E-state index >= 15 is 0 Å². The fraction of sp³-hybridized carbons (Fsp3) is 0.385. The van der Waals surface area contributed by atoms with Gasteiger partial charge in [-0.05, 0) is 24.6 Å². The summed E-state index contributed by atoms with van der Waals surface area (Å²) in [6, 6.07) is 4.34. The zero-order valence-electron chi connectivity index (χ0n) is 10.7. The minimum Gasteiger partial charge on any atom is -0.464 e. The van der Waals surface area contributed by atoms with Crippen LogP contribution < -0.4 is 5.32 Å². The van der Waals surface area contributed by atoms with E-state index in [1.807, 2.05) is 0 Å². The third-order valence-electron chi connectivity index (χ3n) is 2.37. The molecule has 0 heterocycles. The molecule has 1 N–H and O–H groups in total. The van der Waals surface area contributed by atoms with Crippen LogP contribution in [0.5, 0.6) is 0 Å². The number of halogens is 2.